The summed E-state index contributed by atoms with van der Waals surface area (Å²) >= 11 is 0. The van der Waals surface area contributed by atoms with Crippen molar-refractivity contribution in [2.75, 3.05) is 31.1 Å². The Labute approximate surface area is 151 Å². The molecule has 0 bridgehead atoms. The van der Waals surface area contributed by atoms with E-state index >= 15 is 0 Å². The molecule has 7 heteroatoms. The number of amides is 1. The maximum absolute atomic E-state index is 13.0. The number of rotatable bonds is 4. The molecule has 2 aliphatic rings. The molecule has 3 heterocycles. The van der Waals surface area contributed by atoms with Crippen molar-refractivity contribution in [1.29, 1.82) is 0 Å². The number of ether oxygens (including phenoxy) is 1. The average molecular weight is 356 g/mol. The first-order valence-electron chi connectivity index (χ1n) is 8.97. The zero-order chi connectivity index (χ0) is 17.9. The van der Waals surface area contributed by atoms with Crippen LogP contribution in [0, 0.1) is 5.82 Å². The van der Waals surface area contributed by atoms with Crippen LogP contribution in [0.1, 0.15) is 29.6 Å². The van der Waals surface area contributed by atoms with Crippen molar-refractivity contribution in [3.8, 4) is 5.88 Å². The van der Waals surface area contributed by atoms with E-state index in [2.05, 4.69) is 14.9 Å². The lowest BCUT2D eigenvalue weighted by atomic mass is 10.2. The summed E-state index contributed by atoms with van der Waals surface area (Å²) in [5.41, 5.74) is 0.491. The number of carbonyl (C=O) groups excluding carboxylic acids is 1. The smallest absolute Gasteiger partial charge is 0.253 e. The van der Waals surface area contributed by atoms with Crippen LogP contribution in [0.25, 0.3) is 0 Å². The molecule has 1 aromatic carbocycles. The monoisotopic (exact) mass is 356 g/mol. The number of aromatic nitrogens is 2. The number of anilines is 1. The fraction of sp³-hybridized carbons (Fsp3) is 0.421. The Morgan fingerprint density at radius 3 is 2.65 bits per heavy atom. The van der Waals surface area contributed by atoms with Crippen molar-refractivity contribution in [1.82, 2.24) is 14.9 Å². The highest BCUT2D eigenvalue weighted by Gasteiger charge is 2.28. The van der Waals surface area contributed by atoms with Crippen molar-refractivity contribution >= 4 is 11.7 Å². The molecule has 0 saturated carbocycles. The van der Waals surface area contributed by atoms with Crippen LogP contribution in [0.15, 0.2) is 36.7 Å². The van der Waals surface area contributed by atoms with Gasteiger partial charge in [0.15, 0.2) is 0 Å². The number of hydrogen-bond acceptors (Lipinski definition) is 5. The summed E-state index contributed by atoms with van der Waals surface area (Å²) in [6.07, 6.45) is 4.54. The highest BCUT2D eigenvalue weighted by molar-refractivity contribution is 5.94. The van der Waals surface area contributed by atoms with Crippen molar-refractivity contribution in [3.63, 3.8) is 0 Å². The minimum absolute atomic E-state index is 0.0965. The summed E-state index contributed by atoms with van der Waals surface area (Å²) in [6.45, 7) is 3.14. The van der Waals surface area contributed by atoms with E-state index in [1.807, 2.05) is 6.07 Å². The van der Waals surface area contributed by atoms with E-state index in [1.165, 1.54) is 43.4 Å². The van der Waals surface area contributed by atoms with E-state index in [-0.39, 0.29) is 17.8 Å². The second-order valence-electron chi connectivity index (χ2n) is 6.70. The van der Waals surface area contributed by atoms with Gasteiger partial charge < -0.3 is 14.5 Å². The molecule has 1 unspecified atom stereocenters. The fourth-order valence-electron chi connectivity index (χ4n) is 3.47. The molecule has 1 amide bonds. The normalized spacial score (nSPS) is 19.8. The van der Waals surface area contributed by atoms with Crippen LogP contribution in [0.5, 0.6) is 5.88 Å². The van der Waals surface area contributed by atoms with Gasteiger partial charge in [-0.25, -0.2) is 14.4 Å². The first kappa shape index (κ1) is 16.8. The van der Waals surface area contributed by atoms with Gasteiger partial charge in [-0.1, -0.05) is 0 Å². The first-order chi connectivity index (χ1) is 12.7. The zero-order valence-corrected chi connectivity index (χ0v) is 14.5. The van der Waals surface area contributed by atoms with Crippen molar-refractivity contribution in [3.05, 3.63) is 48.0 Å². The lowest BCUT2D eigenvalue weighted by Gasteiger charge is -2.19. The predicted octanol–water partition coefficient (Wildman–Crippen LogP) is 2.51. The molecule has 2 saturated heterocycles. The maximum Gasteiger partial charge on any atom is 0.253 e. The summed E-state index contributed by atoms with van der Waals surface area (Å²) in [6, 6.07) is 7.50. The van der Waals surface area contributed by atoms with Gasteiger partial charge in [0.25, 0.3) is 5.91 Å². The number of benzene rings is 1. The van der Waals surface area contributed by atoms with Crippen LogP contribution >= 0.6 is 0 Å². The fourth-order valence-corrected chi connectivity index (χ4v) is 3.47. The van der Waals surface area contributed by atoms with Gasteiger partial charge in [0.2, 0.25) is 5.88 Å². The van der Waals surface area contributed by atoms with Gasteiger partial charge in [-0.2, -0.15) is 0 Å². The van der Waals surface area contributed by atoms with E-state index in [1.54, 1.807) is 4.90 Å². The molecule has 0 spiro atoms. The van der Waals surface area contributed by atoms with Gasteiger partial charge in [0.05, 0.1) is 6.54 Å². The summed E-state index contributed by atoms with van der Waals surface area (Å²) in [5.74, 6) is 0.992. The molecule has 26 heavy (non-hydrogen) atoms. The third-order valence-corrected chi connectivity index (χ3v) is 4.87. The largest absolute Gasteiger partial charge is 0.472 e. The lowest BCUT2D eigenvalue weighted by Crippen LogP contribution is -2.31. The summed E-state index contributed by atoms with van der Waals surface area (Å²) in [4.78, 5) is 25.0. The van der Waals surface area contributed by atoms with Crippen LogP contribution in [0.3, 0.4) is 0 Å². The Hall–Kier alpha value is -2.70. The molecule has 136 valence electrons. The Kier molecular flexibility index (Phi) is 4.69. The Balaban J connectivity index is 1.37. The second-order valence-corrected chi connectivity index (χ2v) is 6.70. The van der Waals surface area contributed by atoms with E-state index in [0.29, 0.717) is 24.5 Å². The summed E-state index contributed by atoms with van der Waals surface area (Å²) < 4.78 is 19.0. The molecule has 2 fully saturated rings. The van der Waals surface area contributed by atoms with Gasteiger partial charge in [0, 0.05) is 37.7 Å². The third kappa shape index (κ3) is 3.61. The topological polar surface area (TPSA) is 58.6 Å². The Bertz CT molecular complexity index is 777. The Morgan fingerprint density at radius 1 is 1.12 bits per heavy atom. The second kappa shape index (κ2) is 7.27. The van der Waals surface area contributed by atoms with Gasteiger partial charge >= 0.3 is 0 Å². The quantitative estimate of drug-likeness (QED) is 0.842. The molecule has 4 rings (SSSR count). The summed E-state index contributed by atoms with van der Waals surface area (Å²) in [5, 5.41) is 0. The number of nitrogens with zero attached hydrogens (tertiary/aromatic N) is 4. The van der Waals surface area contributed by atoms with Gasteiger partial charge in [-0.05, 0) is 37.1 Å². The third-order valence-electron chi connectivity index (χ3n) is 4.87. The van der Waals surface area contributed by atoms with E-state index in [4.69, 9.17) is 4.74 Å². The maximum atomic E-state index is 13.0. The number of halogens is 1. The van der Waals surface area contributed by atoms with Crippen LogP contribution in [-0.4, -0.2) is 53.1 Å². The molecule has 0 aliphatic carbocycles. The molecule has 6 nitrogen and oxygen atoms in total. The lowest BCUT2D eigenvalue weighted by molar-refractivity contribution is 0.0771. The summed E-state index contributed by atoms with van der Waals surface area (Å²) in [7, 11) is 0. The van der Waals surface area contributed by atoms with Crippen LogP contribution in [-0.2, 0) is 0 Å². The average Bonchev–Trinajstić information content (AvgIpc) is 3.34. The molecule has 1 atom stereocenters. The van der Waals surface area contributed by atoms with Crippen molar-refractivity contribution < 1.29 is 13.9 Å². The Morgan fingerprint density at radius 2 is 1.88 bits per heavy atom. The van der Waals surface area contributed by atoms with E-state index in [0.717, 1.165) is 25.3 Å². The van der Waals surface area contributed by atoms with E-state index < -0.39 is 0 Å². The standard InChI is InChI=1S/C19H21FN4O2/c20-15-5-3-14(4-6-15)19(25)24-10-7-16(12-24)26-18-11-17(21-13-22-18)23-8-1-2-9-23/h3-6,11,13,16H,1-2,7-10,12H2. The zero-order valence-electron chi connectivity index (χ0n) is 14.5. The molecule has 2 aromatic rings. The number of hydrogen-bond donors (Lipinski definition) is 0. The van der Waals surface area contributed by atoms with E-state index in [9.17, 15) is 9.18 Å². The van der Waals surface area contributed by atoms with Gasteiger partial charge in [-0.15, -0.1) is 0 Å². The molecule has 2 aliphatic heterocycles. The highest BCUT2D eigenvalue weighted by atomic mass is 19.1. The highest BCUT2D eigenvalue weighted by Crippen LogP contribution is 2.23. The van der Waals surface area contributed by atoms with Crippen LogP contribution < -0.4 is 9.64 Å². The molecular formula is C19H21FN4O2. The van der Waals surface area contributed by atoms with Gasteiger partial charge in [-0.3, -0.25) is 4.79 Å². The number of carbonyl (C=O) groups is 1. The molecule has 1 aromatic heterocycles. The minimum Gasteiger partial charge on any atom is -0.472 e. The molecule has 0 N–H and O–H groups in total. The van der Waals surface area contributed by atoms with Crippen LogP contribution in [0.2, 0.25) is 0 Å². The predicted molar refractivity (Wildman–Crippen MR) is 94.8 cm³/mol. The van der Waals surface area contributed by atoms with Crippen molar-refractivity contribution in [2.24, 2.45) is 0 Å². The van der Waals surface area contributed by atoms with Crippen molar-refractivity contribution in [2.45, 2.75) is 25.4 Å². The van der Waals surface area contributed by atoms with Crippen LogP contribution in [0.4, 0.5) is 10.2 Å². The minimum atomic E-state index is -0.346. The molecular weight excluding hydrogens is 335 g/mol. The molecule has 0 radical (unpaired) electrons. The van der Waals surface area contributed by atoms with Gasteiger partial charge in [0.1, 0.15) is 24.1 Å². The SMILES string of the molecule is O=C(c1ccc(F)cc1)N1CCC(Oc2cc(N3CCCC3)ncn2)C1. The number of likely N-dealkylation sites (tertiary alicyclic amines) is 1. The first-order valence-corrected chi connectivity index (χ1v) is 8.97.